The summed E-state index contributed by atoms with van der Waals surface area (Å²) in [5.74, 6) is -0.343. The minimum Gasteiger partial charge on any atom is -0.246 e. The van der Waals surface area contributed by atoms with E-state index in [1.165, 1.54) is 0 Å². The van der Waals surface area contributed by atoms with Gasteiger partial charge in [-0.2, -0.15) is 0 Å². The predicted molar refractivity (Wildman–Crippen MR) is 26.2 cm³/mol. The van der Waals surface area contributed by atoms with Crippen molar-refractivity contribution >= 4 is 11.6 Å². The quantitative estimate of drug-likeness (QED) is 0.536. The lowest BCUT2D eigenvalue weighted by Crippen LogP contribution is -2.06. The fraction of sp³-hybridized carbons (Fsp3) is 1.00. The van der Waals surface area contributed by atoms with Crippen LogP contribution in [0.5, 0.6) is 0 Å². The van der Waals surface area contributed by atoms with Gasteiger partial charge in [0.05, 0.1) is 5.88 Å². The molecule has 0 amide bonds. The maximum absolute atomic E-state index is 11.8. The molecule has 1 atom stereocenters. The van der Waals surface area contributed by atoms with E-state index in [1.54, 1.807) is 0 Å². The molecule has 0 unspecified atom stereocenters. The van der Waals surface area contributed by atoms with Gasteiger partial charge in [-0.3, -0.25) is 0 Å². The van der Waals surface area contributed by atoms with Gasteiger partial charge in [0.1, 0.15) is 6.17 Å². The van der Waals surface area contributed by atoms with E-state index in [0.717, 1.165) is 0 Å². The highest BCUT2D eigenvalue weighted by Gasteiger charge is 2.11. The first-order valence-electron chi connectivity index (χ1n) is 2.15. The van der Waals surface area contributed by atoms with Crippen LogP contribution in [0.1, 0.15) is 6.42 Å². The number of halogens is 4. The second kappa shape index (κ2) is 4.01. The zero-order valence-corrected chi connectivity index (χ0v) is 4.84. The lowest BCUT2D eigenvalue weighted by molar-refractivity contribution is 0.106. The normalized spacial score (nSPS) is 14.6. The van der Waals surface area contributed by atoms with E-state index in [2.05, 4.69) is 0 Å². The van der Waals surface area contributed by atoms with Gasteiger partial charge in [0, 0.05) is 6.42 Å². The molecule has 50 valence electrons. The SMILES string of the molecule is FC(F)C[C@H](F)CCl. The van der Waals surface area contributed by atoms with Crippen LogP contribution in [0.4, 0.5) is 13.2 Å². The number of rotatable bonds is 3. The van der Waals surface area contributed by atoms with Crippen LogP contribution < -0.4 is 0 Å². The maximum Gasteiger partial charge on any atom is 0.241 e. The molecule has 0 spiro atoms. The summed E-state index contributed by atoms with van der Waals surface area (Å²) < 4.78 is 34.1. The average Bonchev–Trinajstić information content (AvgIpc) is 1.65. The van der Waals surface area contributed by atoms with Crippen molar-refractivity contribution in [2.45, 2.75) is 19.0 Å². The third-order valence-electron chi connectivity index (χ3n) is 0.601. The fourth-order valence-electron chi connectivity index (χ4n) is 0.256. The van der Waals surface area contributed by atoms with E-state index in [9.17, 15) is 13.2 Å². The Labute approximate surface area is 50.6 Å². The topological polar surface area (TPSA) is 0 Å². The van der Waals surface area contributed by atoms with Gasteiger partial charge in [0.25, 0.3) is 0 Å². The molecule has 0 aromatic rings. The van der Waals surface area contributed by atoms with Crippen molar-refractivity contribution in [3.8, 4) is 0 Å². The molecule has 0 radical (unpaired) electrons. The second-order valence-electron chi connectivity index (χ2n) is 1.38. The Balaban J connectivity index is 3.10. The molecule has 0 N–H and O–H groups in total. The van der Waals surface area contributed by atoms with Crippen LogP contribution in [0, 0.1) is 0 Å². The Bertz CT molecular complexity index is 57.2. The molecule has 0 rings (SSSR count). The predicted octanol–water partition coefficient (Wildman–Crippen LogP) is 2.22. The van der Waals surface area contributed by atoms with E-state index in [1.807, 2.05) is 0 Å². The van der Waals surface area contributed by atoms with Crippen LogP contribution in [-0.2, 0) is 0 Å². The first-order valence-corrected chi connectivity index (χ1v) is 2.68. The van der Waals surface area contributed by atoms with Gasteiger partial charge in [0.2, 0.25) is 6.43 Å². The summed E-state index contributed by atoms with van der Waals surface area (Å²) in [6.07, 6.45) is -4.89. The van der Waals surface area contributed by atoms with E-state index < -0.39 is 19.0 Å². The van der Waals surface area contributed by atoms with Crippen molar-refractivity contribution in [1.82, 2.24) is 0 Å². The number of hydrogen-bond donors (Lipinski definition) is 0. The Morgan fingerprint density at radius 2 is 1.75 bits per heavy atom. The van der Waals surface area contributed by atoms with Crippen molar-refractivity contribution in [2.24, 2.45) is 0 Å². The molecule has 0 saturated carbocycles. The molecule has 0 nitrogen and oxygen atoms in total. The molecular weight excluding hydrogens is 140 g/mol. The Morgan fingerprint density at radius 1 is 1.25 bits per heavy atom. The molecule has 0 bridgehead atoms. The molecule has 8 heavy (non-hydrogen) atoms. The standard InChI is InChI=1S/C4H6ClF3/c5-2-3(6)1-4(7)8/h3-4H,1-2H2/t3-/m0/s1. The minimum absolute atomic E-state index is 0.343. The smallest absolute Gasteiger partial charge is 0.241 e. The van der Waals surface area contributed by atoms with Crippen molar-refractivity contribution in [1.29, 1.82) is 0 Å². The van der Waals surface area contributed by atoms with Gasteiger partial charge in [-0.1, -0.05) is 0 Å². The van der Waals surface area contributed by atoms with Gasteiger partial charge >= 0.3 is 0 Å². The van der Waals surface area contributed by atoms with E-state index in [4.69, 9.17) is 11.6 Å². The molecule has 0 heterocycles. The van der Waals surface area contributed by atoms with Gasteiger partial charge < -0.3 is 0 Å². The lowest BCUT2D eigenvalue weighted by atomic mass is 10.3. The molecule has 4 heteroatoms. The van der Waals surface area contributed by atoms with E-state index >= 15 is 0 Å². The summed E-state index contributed by atoms with van der Waals surface area (Å²) in [4.78, 5) is 0. The van der Waals surface area contributed by atoms with E-state index in [-0.39, 0.29) is 5.88 Å². The summed E-state index contributed by atoms with van der Waals surface area (Å²) in [5.41, 5.74) is 0. The molecule has 0 fully saturated rings. The largest absolute Gasteiger partial charge is 0.246 e. The van der Waals surface area contributed by atoms with Crippen LogP contribution >= 0.6 is 11.6 Å². The van der Waals surface area contributed by atoms with Gasteiger partial charge in [0.15, 0.2) is 0 Å². The van der Waals surface area contributed by atoms with Crippen molar-refractivity contribution < 1.29 is 13.2 Å². The Hall–Kier alpha value is 0.0800. The maximum atomic E-state index is 11.8. The summed E-state index contributed by atoms with van der Waals surface area (Å²) in [6.45, 7) is 0. The average molecular weight is 147 g/mol. The molecule has 0 aliphatic rings. The highest BCUT2D eigenvalue weighted by molar-refractivity contribution is 6.18. The molecule has 0 saturated heterocycles. The van der Waals surface area contributed by atoms with Gasteiger partial charge in [-0.15, -0.1) is 11.6 Å². The molecule has 0 aliphatic heterocycles. The zero-order chi connectivity index (χ0) is 6.57. The highest BCUT2D eigenvalue weighted by Crippen LogP contribution is 2.07. The van der Waals surface area contributed by atoms with E-state index in [0.29, 0.717) is 0 Å². The third-order valence-corrected chi connectivity index (χ3v) is 0.936. The summed E-state index contributed by atoms with van der Waals surface area (Å²) >= 11 is 4.89. The van der Waals surface area contributed by atoms with Gasteiger partial charge in [-0.05, 0) is 0 Å². The van der Waals surface area contributed by atoms with Crippen LogP contribution in [0.25, 0.3) is 0 Å². The summed E-state index contributed by atoms with van der Waals surface area (Å²) in [5, 5.41) is 0. The Morgan fingerprint density at radius 3 is 1.88 bits per heavy atom. The number of hydrogen-bond acceptors (Lipinski definition) is 0. The van der Waals surface area contributed by atoms with Crippen LogP contribution in [0.2, 0.25) is 0 Å². The minimum atomic E-state index is -2.58. The Kier molecular flexibility index (Phi) is 4.05. The summed E-state index contributed by atoms with van der Waals surface area (Å²) in [6, 6.07) is 0. The molecule has 0 aromatic heterocycles. The monoisotopic (exact) mass is 146 g/mol. The van der Waals surface area contributed by atoms with Crippen LogP contribution in [0.3, 0.4) is 0 Å². The zero-order valence-electron chi connectivity index (χ0n) is 4.08. The number of alkyl halides is 4. The highest BCUT2D eigenvalue weighted by atomic mass is 35.5. The van der Waals surface area contributed by atoms with Crippen LogP contribution in [-0.4, -0.2) is 18.5 Å². The van der Waals surface area contributed by atoms with Crippen LogP contribution in [0.15, 0.2) is 0 Å². The molecule has 0 aromatic carbocycles. The van der Waals surface area contributed by atoms with Crippen molar-refractivity contribution in [2.75, 3.05) is 5.88 Å². The first kappa shape index (κ1) is 8.08. The van der Waals surface area contributed by atoms with Gasteiger partial charge in [-0.25, -0.2) is 13.2 Å². The lowest BCUT2D eigenvalue weighted by Gasteiger charge is -1.99. The summed E-state index contributed by atoms with van der Waals surface area (Å²) in [7, 11) is 0. The van der Waals surface area contributed by atoms with Crippen molar-refractivity contribution in [3.63, 3.8) is 0 Å². The molecular formula is C4H6ClF3. The third kappa shape index (κ3) is 4.24. The second-order valence-corrected chi connectivity index (χ2v) is 1.69. The fourth-order valence-corrected chi connectivity index (χ4v) is 0.382. The van der Waals surface area contributed by atoms with Crippen molar-refractivity contribution in [3.05, 3.63) is 0 Å². The first-order chi connectivity index (χ1) is 3.66. The molecule has 0 aliphatic carbocycles.